The van der Waals surface area contributed by atoms with Gasteiger partial charge in [-0.05, 0) is 76.0 Å². The molecule has 1 amide bonds. The highest BCUT2D eigenvalue weighted by molar-refractivity contribution is 5.98. The number of nitrogens with one attached hydrogen (secondary N) is 1. The number of rotatable bonds is 7. The number of amides is 1. The first kappa shape index (κ1) is 30.9. The Morgan fingerprint density at radius 1 is 1.10 bits per heavy atom. The highest BCUT2D eigenvalue weighted by Gasteiger charge is 2.31. The SMILES string of the molecule is C[C@H]1CCCC(=O)CCC/C=C/c2cc(O)c(C(CC(=O)NCCN(C)C)c3ccc4c(c3)OCO4)c(O)c2C(=O)O1. The molecule has 10 nitrogen and oxygen atoms in total. The molecule has 0 aromatic heterocycles. The fourth-order valence-electron chi connectivity index (χ4n) is 5.21. The van der Waals surface area contributed by atoms with E-state index in [1.165, 1.54) is 6.07 Å². The van der Waals surface area contributed by atoms with Crippen molar-refractivity contribution >= 4 is 23.7 Å². The maximum absolute atomic E-state index is 13.5. The molecule has 0 aliphatic carbocycles. The van der Waals surface area contributed by atoms with Gasteiger partial charge in [-0.25, -0.2) is 4.79 Å². The summed E-state index contributed by atoms with van der Waals surface area (Å²) >= 11 is 0. The topological polar surface area (TPSA) is 135 Å². The number of cyclic esters (lactones) is 1. The second kappa shape index (κ2) is 14.2. The molecule has 0 fully saturated rings. The van der Waals surface area contributed by atoms with Crippen molar-refractivity contribution in [2.45, 2.75) is 63.9 Å². The number of esters is 1. The smallest absolute Gasteiger partial charge is 0.342 e. The lowest BCUT2D eigenvalue weighted by molar-refractivity contribution is -0.121. The van der Waals surface area contributed by atoms with Gasteiger partial charge in [-0.2, -0.15) is 0 Å². The number of phenols is 2. The van der Waals surface area contributed by atoms with Crippen LogP contribution in [0.5, 0.6) is 23.0 Å². The van der Waals surface area contributed by atoms with Crippen LogP contribution in [0.15, 0.2) is 30.3 Å². The van der Waals surface area contributed by atoms with Gasteiger partial charge in [0.2, 0.25) is 12.7 Å². The number of fused-ring (bicyclic) bond motifs is 2. The number of aromatic hydroxyl groups is 2. The highest BCUT2D eigenvalue weighted by Crippen LogP contribution is 2.46. The number of Topliss-reactive ketones (excluding diaryl/α,β-unsaturated/α-hetero) is 1. The van der Waals surface area contributed by atoms with Crippen molar-refractivity contribution in [1.29, 1.82) is 0 Å². The third-order valence-electron chi connectivity index (χ3n) is 7.47. The van der Waals surface area contributed by atoms with E-state index in [4.69, 9.17) is 14.2 Å². The molecule has 0 radical (unpaired) electrons. The number of hydrogen-bond donors (Lipinski definition) is 3. The lowest BCUT2D eigenvalue weighted by Gasteiger charge is -2.23. The Morgan fingerprint density at radius 3 is 2.64 bits per heavy atom. The van der Waals surface area contributed by atoms with Crippen molar-refractivity contribution < 1.29 is 38.8 Å². The van der Waals surface area contributed by atoms with E-state index in [9.17, 15) is 24.6 Å². The van der Waals surface area contributed by atoms with E-state index in [1.54, 1.807) is 37.3 Å². The van der Waals surface area contributed by atoms with Crippen LogP contribution in [0.4, 0.5) is 0 Å². The number of nitrogens with zero attached hydrogens (tertiary/aromatic N) is 1. The molecule has 2 heterocycles. The third kappa shape index (κ3) is 7.82. The summed E-state index contributed by atoms with van der Waals surface area (Å²) in [5, 5.41) is 25.8. The van der Waals surface area contributed by atoms with Crippen LogP contribution in [-0.2, 0) is 14.3 Å². The number of hydrogen-bond acceptors (Lipinski definition) is 9. The van der Waals surface area contributed by atoms with E-state index in [0.29, 0.717) is 68.7 Å². The lowest BCUT2D eigenvalue weighted by atomic mass is 9.84. The third-order valence-corrected chi connectivity index (χ3v) is 7.47. The van der Waals surface area contributed by atoms with Crippen molar-refractivity contribution in [3.05, 3.63) is 52.6 Å². The molecule has 2 aromatic carbocycles. The van der Waals surface area contributed by atoms with E-state index in [2.05, 4.69) is 5.32 Å². The molecule has 4 rings (SSSR count). The monoisotopic (exact) mass is 580 g/mol. The molecule has 0 spiro atoms. The summed E-state index contributed by atoms with van der Waals surface area (Å²) in [7, 11) is 3.81. The first-order chi connectivity index (χ1) is 20.1. The Bertz CT molecular complexity index is 1340. The molecular weight excluding hydrogens is 540 g/mol. The van der Waals surface area contributed by atoms with Gasteiger partial charge < -0.3 is 34.6 Å². The molecule has 0 saturated heterocycles. The molecule has 3 N–H and O–H groups in total. The van der Waals surface area contributed by atoms with Crippen molar-refractivity contribution in [3.8, 4) is 23.0 Å². The van der Waals surface area contributed by atoms with Gasteiger partial charge in [0, 0.05) is 43.8 Å². The van der Waals surface area contributed by atoms with E-state index in [0.717, 1.165) is 0 Å². The van der Waals surface area contributed by atoms with Crippen LogP contribution >= 0.6 is 0 Å². The van der Waals surface area contributed by atoms with Gasteiger partial charge in [0.15, 0.2) is 11.5 Å². The minimum Gasteiger partial charge on any atom is -0.507 e. The zero-order valence-corrected chi connectivity index (χ0v) is 24.5. The molecule has 2 aromatic rings. The quantitative estimate of drug-likeness (QED) is 0.405. The number of phenolic OH excluding ortho intramolecular Hbond substituents is 2. The minimum atomic E-state index is -0.822. The van der Waals surface area contributed by atoms with Gasteiger partial charge in [0.25, 0.3) is 0 Å². The molecular formula is C32H40N2O8. The van der Waals surface area contributed by atoms with Crippen molar-refractivity contribution in [1.82, 2.24) is 10.2 Å². The van der Waals surface area contributed by atoms with E-state index in [-0.39, 0.29) is 47.3 Å². The normalized spacial score (nSPS) is 19.0. The minimum absolute atomic E-state index is 0.0418. The van der Waals surface area contributed by atoms with Crippen LogP contribution in [0.1, 0.15) is 84.8 Å². The predicted octanol–water partition coefficient (Wildman–Crippen LogP) is 4.51. The molecule has 2 aliphatic rings. The summed E-state index contributed by atoms with van der Waals surface area (Å²) in [5.74, 6) is -1.35. The predicted molar refractivity (Wildman–Crippen MR) is 157 cm³/mol. The number of allylic oxidation sites excluding steroid dienone is 1. The Morgan fingerprint density at radius 2 is 1.86 bits per heavy atom. The van der Waals surface area contributed by atoms with Gasteiger partial charge in [-0.15, -0.1) is 0 Å². The Balaban J connectivity index is 1.77. The van der Waals surface area contributed by atoms with Crippen molar-refractivity contribution in [2.75, 3.05) is 34.0 Å². The zero-order chi connectivity index (χ0) is 30.2. The van der Waals surface area contributed by atoms with Crippen molar-refractivity contribution in [2.24, 2.45) is 0 Å². The molecule has 226 valence electrons. The second-order valence-corrected chi connectivity index (χ2v) is 11.1. The molecule has 0 saturated carbocycles. The largest absolute Gasteiger partial charge is 0.507 e. The van der Waals surface area contributed by atoms with Crippen LogP contribution < -0.4 is 14.8 Å². The van der Waals surface area contributed by atoms with Gasteiger partial charge in [-0.1, -0.05) is 18.2 Å². The summed E-state index contributed by atoms with van der Waals surface area (Å²) in [5.41, 5.74) is 0.836. The van der Waals surface area contributed by atoms with Gasteiger partial charge in [0.05, 0.1) is 6.10 Å². The lowest BCUT2D eigenvalue weighted by Crippen LogP contribution is -2.32. The number of ether oxygens (including phenoxy) is 3. The number of carbonyl (C=O) groups is 3. The Hall–Kier alpha value is -4.05. The van der Waals surface area contributed by atoms with Gasteiger partial charge in [0.1, 0.15) is 22.8 Å². The first-order valence-electron chi connectivity index (χ1n) is 14.4. The maximum atomic E-state index is 13.5. The molecule has 0 bridgehead atoms. The van der Waals surface area contributed by atoms with Crippen LogP contribution in [-0.4, -0.2) is 72.9 Å². The van der Waals surface area contributed by atoms with E-state index >= 15 is 0 Å². The highest BCUT2D eigenvalue weighted by atomic mass is 16.7. The fourth-order valence-corrected chi connectivity index (χ4v) is 5.21. The number of likely N-dealkylation sites (N-methyl/N-ethyl adjacent to an activating group) is 1. The summed E-state index contributed by atoms with van der Waals surface area (Å²) in [6, 6.07) is 6.59. The molecule has 1 unspecified atom stereocenters. The number of benzene rings is 2. The molecule has 10 heteroatoms. The average molecular weight is 581 g/mol. The second-order valence-electron chi connectivity index (χ2n) is 11.1. The summed E-state index contributed by atoms with van der Waals surface area (Å²) in [6.07, 6.45) is 6.09. The van der Waals surface area contributed by atoms with E-state index in [1.807, 2.05) is 19.0 Å². The average Bonchev–Trinajstić information content (AvgIpc) is 3.39. The molecule has 2 aliphatic heterocycles. The van der Waals surface area contributed by atoms with Crippen LogP contribution in [0.25, 0.3) is 6.08 Å². The summed E-state index contributed by atoms with van der Waals surface area (Å²) < 4.78 is 16.7. The maximum Gasteiger partial charge on any atom is 0.342 e. The zero-order valence-electron chi connectivity index (χ0n) is 24.5. The van der Waals surface area contributed by atoms with Gasteiger partial charge >= 0.3 is 5.97 Å². The number of carbonyl (C=O) groups excluding carboxylic acids is 3. The molecule has 42 heavy (non-hydrogen) atoms. The van der Waals surface area contributed by atoms with Crippen molar-refractivity contribution in [3.63, 3.8) is 0 Å². The van der Waals surface area contributed by atoms with E-state index < -0.39 is 23.7 Å². The Kier molecular flexibility index (Phi) is 10.5. The first-order valence-corrected chi connectivity index (χ1v) is 14.4. The fraction of sp³-hybridized carbons (Fsp3) is 0.469. The van der Waals surface area contributed by atoms with Crippen LogP contribution in [0.3, 0.4) is 0 Å². The summed E-state index contributed by atoms with van der Waals surface area (Å²) in [4.78, 5) is 40.6. The van der Waals surface area contributed by atoms with Gasteiger partial charge in [-0.3, -0.25) is 9.59 Å². The van der Waals surface area contributed by atoms with Crippen LogP contribution in [0.2, 0.25) is 0 Å². The summed E-state index contributed by atoms with van der Waals surface area (Å²) in [6.45, 7) is 2.87. The Labute approximate surface area is 246 Å². The standard InChI is InChI=1S/C32H40N2O8/c1-20-8-7-11-23(35)10-6-4-5-9-22-16-25(36)30(31(38)29(22)32(39)42-20)24(18-28(37)33-14-15-34(2)3)21-12-13-26-27(17-21)41-19-40-26/h5,9,12-13,16-17,20,24,36,38H,4,6-8,10-11,14-15,18-19H2,1-3H3,(H,33,37)/b9-5+/t20-,24?/m0/s1. The van der Waals surface area contributed by atoms with Crippen LogP contribution in [0, 0.1) is 0 Å². The number of ketones is 1. The molecule has 2 atom stereocenters.